The number of rotatable bonds is 7. The maximum absolute atomic E-state index is 6.92. The third-order valence-electron chi connectivity index (χ3n) is 13.0. The van der Waals surface area contributed by atoms with Gasteiger partial charge in [0.15, 0.2) is 5.42 Å². The lowest BCUT2D eigenvalue weighted by atomic mass is 9.67. The number of para-hydroxylation sites is 2. The van der Waals surface area contributed by atoms with E-state index in [0.717, 1.165) is 51.9 Å². The van der Waals surface area contributed by atoms with E-state index in [-0.39, 0.29) is 0 Å². The number of fused-ring (bicyclic) bond motifs is 7. The van der Waals surface area contributed by atoms with Gasteiger partial charge in [-0.05, 0) is 98.0 Å². The van der Waals surface area contributed by atoms with Crippen molar-refractivity contribution in [1.29, 1.82) is 0 Å². The van der Waals surface area contributed by atoms with Crippen LogP contribution in [0.1, 0.15) is 35.1 Å². The Kier molecular flexibility index (Phi) is 8.24. The molecule has 9 aromatic carbocycles. The summed E-state index contributed by atoms with van der Waals surface area (Å²) in [6, 6.07) is 80.0. The summed E-state index contributed by atoms with van der Waals surface area (Å²) in [5.74, 6) is 0. The number of nitrogens with zero attached hydrogens (tertiary/aromatic N) is 1. The molecule has 10 aromatic rings. The largest absolute Gasteiger partial charge is 0.454 e. The number of anilines is 2. The molecule has 0 aliphatic heterocycles. The van der Waals surface area contributed by atoms with E-state index in [1.807, 2.05) is 0 Å². The molecule has 0 saturated carbocycles. The molecule has 2 aliphatic carbocycles. The zero-order chi connectivity index (χ0) is 40.3. The Hall–Kier alpha value is -7.68. The van der Waals surface area contributed by atoms with Crippen LogP contribution in [0.3, 0.4) is 0 Å². The highest BCUT2D eigenvalue weighted by Crippen LogP contribution is 2.56. The van der Waals surface area contributed by atoms with Crippen molar-refractivity contribution in [2.45, 2.75) is 18.3 Å². The summed E-state index contributed by atoms with van der Waals surface area (Å²) in [7, 11) is 0. The van der Waals surface area contributed by atoms with Crippen LogP contribution in [0.4, 0.5) is 11.4 Å². The van der Waals surface area contributed by atoms with Crippen LogP contribution in [-0.2, 0) is 5.41 Å². The molecule has 61 heavy (non-hydrogen) atoms. The van der Waals surface area contributed by atoms with E-state index in [2.05, 4.69) is 229 Å². The standard InChI is InChI=1S/C59H41NO/c1-3-19-40(20-4-1)45-31-15-21-41-22-16-32-50(57(41)45)48-29-9-13-36-54(48)60(55-37-18-33-51-49-30-10-14-38-56(49)61-58(51)55)44-26-17-25-43(39-44)59(42-23-5-2-6-24-42)52-34-11-7-27-46(52)47-28-8-12-35-53(47)59/h1-17,19-36,38-39H,18,37H2. The van der Waals surface area contributed by atoms with Gasteiger partial charge in [0.25, 0.3) is 0 Å². The molecule has 0 bridgehead atoms. The number of hydrogen-bond acceptors (Lipinski definition) is 2. The molecule has 0 amide bonds. The first-order valence-electron chi connectivity index (χ1n) is 21.3. The summed E-state index contributed by atoms with van der Waals surface area (Å²) in [5, 5.41) is 4.78. The van der Waals surface area contributed by atoms with Gasteiger partial charge in [-0.3, -0.25) is 0 Å². The predicted octanol–water partition coefficient (Wildman–Crippen LogP) is 13.8. The van der Waals surface area contributed by atoms with Crippen LogP contribution in [0.2, 0.25) is 0 Å². The van der Waals surface area contributed by atoms with Crippen LogP contribution in [0, 0.1) is 0 Å². The summed E-state index contributed by atoms with van der Waals surface area (Å²) in [5.41, 5.74) is 17.1. The fourth-order valence-electron chi connectivity index (χ4n) is 10.5. The molecule has 0 saturated heterocycles. The van der Waals surface area contributed by atoms with Crippen LogP contribution in [0.15, 0.2) is 223 Å². The average Bonchev–Trinajstić information content (AvgIpc) is 3.87. The predicted molar refractivity (Wildman–Crippen MR) is 253 cm³/mol. The zero-order valence-electron chi connectivity index (χ0n) is 33.6. The molecule has 0 radical (unpaired) electrons. The van der Waals surface area contributed by atoms with E-state index in [1.54, 1.807) is 0 Å². The van der Waals surface area contributed by atoms with Gasteiger partial charge in [0.05, 0.1) is 16.8 Å². The zero-order valence-corrected chi connectivity index (χ0v) is 33.6. The maximum Gasteiger partial charge on any atom is 0.154 e. The maximum atomic E-state index is 6.92. The van der Waals surface area contributed by atoms with Gasteiger partial charge in [0.2, 0.25) is 0 Å². The average molecular weight is 780 g/mol. The van der Waals surface area contributed by atoms with Crippen molar-refractivity contribution in [2.75, 3.05) is 4.90 Å². The third-order valence-corrected chi connectivity index (χ3v) is 13.0. The summed E-state index contributed by atoms with van der Waals surface area (Å²) in [6.45, 7) is 0. The van der Waals surface area contributed by atoms with Crippen molar-refractivity contribution in [3.8, 4) is 33.4 Å². The fourth-order valence-corrected chi connectivity index (χ4v) is 10.5. The van der Waals surface area contributed by atoms with Crippen LogP contribution in [0.25, 0.3) is 66.9 Å². The van der Waals surface area contributed by atoms with Crippen LogP contribution in [0.5, 0.6) is 0 Å². The van der Waals surface area contributed by atoms with Crippen LogP contribution in [-0.4, -0.2) is 0 Å². The van der Waals surface area contributed by atoms with Crippen molar-refractivity contribution in [1.82, 2.24) is 0 Å². The Morgan fingerprint density at radius 3 is 1.82 bits per heavy atom. The Morgan fingerprint density at radius 2 is 1.05 bits per heavy atom. The molecule has 0 fully saturated rings. The van der Waals surface area contributed by atoms with E-state index >= 15 is 0 Å². The second-order valence-electron chi connectivity index (χ2n) is 16.2. The molecule has 1 aromatic heterocycles. The van der Waals surface area contributed by atoms with Gasteiger partial charge in [-0.2, -0.15) is 0 Å². The lowest BCUT2D eigenvalue weighted by Gasteiger charge is -2.36. The van der Waals surface area contributed by atoms with Gasteiger partial charge >= 0.3 is 0 Å². The SMILES string of the molecule is C1=c2c(oc3ccccc23)=C(N(c2cccc(C3(c4ccccc4)c4ccccc4-c4ccccc43)c2)c2ccccc2-c2cccc3cccc(-c4ccccc4)c23)CC1. The normalized spacial score (nSPS) is 13.7. The first-order valence-corrected chi connectivity index (χ1v) is 21.3. The highest BCUT2D eigenvalue weighted by Gasteiger charge is 2.46. The minimum Gasteiger partial charge on any atom is -0.454 e. The molecular formula is C59H41NO. The second kappa shape index (κ2) is 14.3. The first kappa shape index (κ1) is 35.3. The lowest BCUT2D eigenvalue weighted by Crippen LogP contribution is -2.33. The summed E-state index contributed by atoms with van der Waals surface area (Å²) in [4.78, 5) is 2.52. The topological polar surface area (TPSA) is 16.4 Å². The Morgan fingerprint density at radius 1 is 0.459 bits per heavy atom. The van der Waals surface area contributed by atoms with Crippen molar-refractivity contribution >= 4 is 44.9 Å². The minimum absolute atomic E-state index is 0.536. The molecule has 0 N–H and O–H groups in total. The third kappa shape index (κ3) is 5.42. The smallest absolute Gasteiger partial charge is 0.154 e. The van der Waals surface area contributed by atoms with Gasteiger partial charge in [-0.1, -0.05) is 200 Å². The van der Waals surface area contributed by atoms with Gasteiger partial charge in [-0.25, -0.2) is 0 Å². The Bertz CT molecular complexity index is 3380. The van der Waals surface area contributed by atoms with Crippen molar-refractivity contribution in [3.63, 3.8) is 0 Å². The van der Waals surface area contributed by atoms with E-state index in [1.165, 1.54) is 66.1 Å². The Balaban J connectivity index is 1.17. The van der Waals surface area contributed by atoms with E-state index in [4.69, 9.17) is 4.42 Å². The van der Waals surface area contributed by atoms with Gasteiger partial charge in [-0.15, -0.1) is 0 Å². The number of hydrogen-bond donors (Lipinski definition) is 0. The molecular weight excluding hydrogens is 739 g/mol. The summed E-state index contributed by atoms with van der Waals surface area (Å²) >= 11 is 0. The molecule has 1 heterocycles. The van der Waals surface area contributed by atoms with Gasteiger partial charge in [0, 0.05) is 21.9 Å². The molecule has 0 spiro atoms. The summed E-state index contributed by atoms with van der Waals surface area (Å²) < 4.78 is 6.92. The lowest BCUT2D eigenvalue weighted by molar-refractivity contribution is 0.566. The molecule has 288 valence electrons. The highest BCUT2D eigenvalue weighted by molar-refractivity contribution is 6.09. The quantitative estimate of drug-likeness (QED) is 0.160. The van der Waals surface area contributed by atoms with Crippen molar-refractivity contribution in [2.24, 2.45) is 0 Å². The van der Waals surface area contributed by atoms with Crippen molar-refractivity contribution in [3.05, 3.63) is 251 Å². The molecule has 0 unspecified atom stereocenters. The van der Waals surface area contributed by atoms with Crippen LogP contribution >= 0.6 is 0 Å². The molecule has 2 heteroatoms. The van der Waals surface area contributed by atoms with E-state index in [0.29, 0.717) is 0 Å². The summed E-state index contributed by atoms with van der Waals surface area (Å²) in [6.07, 6.45) is 4.09. The van der Waals surface area contributed by atoms with E-state index in [9.17, 15) is 0 Å². The minimum atomic E-state index is -0.536. The highest BCUT2D eigenvalue weighted by atomic mass is 16.3. The molecule has 2 aliphatic rings. The van der Waals surface area contributed by atoms with Crippen molar-refractivity contribution < 1.29 is 4.42 Å². The second-order valence-corrected chi connectivity index (χ2v) is 16.2. The number of furan rings is 1. The molecule has 12 rings (SSSR count). The molecule has 2 nitrogen and oxygen atoms in total. The monoisotopic (exact) mass is 779 g/mol. The van der Waals surface area contributed by atoms with Crippen LogP contribution < -0.4 is 15.5 Å². The first-order chi connectivity index (χ1) is 30.3. The Labute approximate surface area is 355 Å². The van der Waals surface area contributed by atoms with Gasteiger partial charge in [0.1, 0.15) is 5.58 Å². The number of benzene rings is 9. The van der Waals surface area contributed by atoms with Gasteiger partial charge < -0.3 is 9.32 Å². The van der Waals surface area contributed by atoms with E-state index < -0.39 is 5.41 Å². The fraction of sp³-hybridized carbons (Fsp3) is 0.0508. The molecule has 0 atom stereocenters.